The van der Waals surface area contributed by atoms with Crippen LogP contribution in [0.15, 0.2) is 18.3 Å². The van der Waals surface area contributed by atoms with Gasteiger partial charge in [-0.1, -0.05) is 12.8 Å². The molecular weight excluding hydrogens is 200 g/mol. The first-order valence-electron chi connectivity index (χ1n) is 6.13. The minimum atomic E-state index is 0.243. The maximum atomic E-state index is 9.18. The summed E-state index contributed by atoms with van der Waals surface area (Å²) in [5.41, 5.74) is 1.05. The van der Waals surface area contributed by atoms with Crippen molar-refractivity contribution in [2.45, 2.75) is 45.2 Å². The van der Waals surface area contributed by atoms with E-state index in [0.717, 1.165) is 12.2 Å². The van der Waals surface area contributed by atoms with E-state index in [4.69, 9.17) is 0 Å². The van der Waals surface area contributed by atoms with Crippen molar-refractivity contribution in [3.05, 3.63) is 24.0 Å². The van der Waals surface area contributed by atoms with Crippen LogP contribution in [0.25, 0.3) is 0 Å². The Morgan fingerprint density at radius 2 is 2.25 bits per heavy atom. The van der Waals surface area contributed by atoms with Crippen molar-refractivity contribution in [2.24, 2.45) is 0 Å². The van der Waals surface area contributed by atoms with Crippen LogP contribution in [-0.2, 0) is 6.54 Å². The summed E-state index contributed by atoms with van der Waals surface area (Å²) in [6.45, 7) is 4.37. The maximum Gasteiger partial charge on any atom is 0.133 e. The van der Waals surface area contributed by atoms with Gasteiger partial charge < -0.3 is 5.11 Å². The molecule has 0 aliphatic carbocycles. The van der Waals surface area contributed by atoms with Crippen molar-refractivity contribution in [3.8, 4) is 5.75 Å². The fourth-order valence-electron chi connectivity index (χ4n) is 2.29. The molecule has 3 nitrogen and oxygen atoms in total. The zero-order valence-electron chi connectivity index (χ0n) is 9.89. The summed E-state index contributed by atoms with van der Waals surface area (Å²) in [5, 5.41) is 9.18. The molecule has 2 rings (SSSR count). The van der Waals surface area contributed by atoms with E-state index in [2.05, 4.69) is 16.8 Å². The van der Waals surface area contributed by atoms with Gasteiger partial charge in [0.15, 0.2) is 0 Å². The second-order valence-corrected chi connectivity index (χ2v) is 4.68. The SMILES string of the molecule is CC1CCCCCN1Cc1ccc(O)cn1. The molecule has 0 saturated carbocycles. The maximum absolute atomic E-state index is 9.18. The monoisotopic (exact) mass is 220 g/mol. The molecule has 0 aromatic carbocycles. The Balaban J connectivity index is 1.99. The molecule has 88 valence electrons. The number of rotatable bonds is 2. The van der Waals surface area contributed by atoms with Gasteiger partial charge in [-0.25, -0.2) is 0 Å². The summed E-state index contributed by atoms with van der Waals surface area (Å²) in [5.74, 6) is 0.243. The van der Waals surface area contributed by atoms with Crippen molar-refractivity contribution in [2.75, 3.05) is 6.54 Å². The topological polar surface area (TPSA) is 36.4 Å². The normalized spacial score (nSPS) is 22.9. The van der Waals surface area contributed by atoms with Gasteiger partial charge >= 0.3 is 0 Å². The summed E-state index contributed by atoms with van der Waals surface area (Å²) in [6.07, 6.45) is 6.81. The molecular formula is C13H20N2O. The van der Waals surface area contributed by atoms with Gasteiger partial charge in [0, 0.05) is 12.6 Å². The third-order valence-electron chi connectivity index (χ3n) is 3.36. The first-order valence-corrected chi connectivity index (χ1v) is 6.13. The summed E-state index contributed by atoms with van der Waals surface area (Å²) >= 11 is 0. The second kappa shape index (κ2) is 5.30. The van der Waals surface area contributed by atoms with E-state index >= 15 is 0 Å². The molecule has 0 bridgehead atoms. The van der Waals surface area contributed by atoms with Crippen LogP contribution in [0.3, 0.4) is 0 Å². The third kappa shape index (κ3) is 2.95. The lowest BCUT2D eigenvalue weighted by molar-refractivity contribution is 0.202. The first-order chi connectivity index (χ1) is 7.75. The Morgan fingerprint density at radius 3 is 3.00 bits per heavy atom. The summed E-state index contributed by atoms with van der Waals surface area (Å²) < 4.78 is 0. The molecule has 0 spiro atoms. The number of aromatic hydroxyl groups is 1. The third-order valence-corrected chi connectivity index (χ3v) is 3.36. The molecule has 1 N–H and O–H groups in total. The van der Waals surface area contributed by atoms with Crippen molar-refractivity contribution in [1.82, 2.24) is 9.88 Å². The number of hydrogen-bond donors (Lipinski definition) is 1. The van der Waals surface area contributed by atoms with Crippen LogP contribution in [0.5, 0.6) is 5.75 Å². The first kappa shape index (κ1) is 11.4. The fourth-order valence-corrected chi connectivity index (χ4v) is 2.29. The largest absolute Gasteiger partial charge is 0.506 e. The van der Waals surface area contributed by atoms with E-state index in [-0.39, 0.29) is 5.75 Å². The molecule has 3 heteroatoms. The lowest BCUT2D eigenvalue weighted by atomic mass is 10.1. The standard InChI is InChI=1S/C13H20N2O/c1-11-5-3-2-4-8-15(11)10-12-6-7-13(16)9-14-12/h6-7,9,11,16H,2-5,8,10H2,1H3. The lowest BCUT2D eigenvalue weighted by Crippen LogP contribution is -2.32. The highest BCUT2D eigenvalue weighted by molar-refractivity contribution is 5.17. The van der Waals surface area contributed by atoms with Crippen LogP contribution >= 0.6 is 0 Å². The van der Waals surface area contributed by atoms with Crippen LogP contribution in [0.2, 0.25) is 0 Å². The number of aromatic nitrogens is 1. The lowest BCUT2D eigenvalue weighted by Gasteiger charge is -2.26. The fraction of sp³-hybridized carbons (Fsp3) is 0.615. The van der Waals surface area contributed by atoms with Crippen LogP contribution < -0.4 is 0 Å². The van der Waals surface area contributed by atoms with Crippen LogP contribution in [-0.4, -0.2) is 27.6 Å². The average Bonchev–Trinajstić information content (AvgIpc) is 2.48. The van der Waals surface area contributed by atoms with Gasteiger partial charge in [-0.15, -0.1) is 0 Å². The molecule has 0 radical (unpaired) electrons. The average molecular weight is 220 g/mol. The molecule has 1 atom stereocenters. The van der Waals surface area contributed by atoms with Gasteiger partial charge in [0.1, 0.15) is 5.75 Å². The summed E-state index contributed by atoms with van der Waals surface area (Å²) in [6, 6.07) is 4.27. The summed E-state index contributed by atoms with van der Waals surface area (Å²) in [4.78, 5) is 6.74. The zero-order valence-corrected chi connectivity index (χ0v) is 9.89. The number of pyridine rings is 1. The Kier molecular flexibility index (Phi) is 3.78. The quantitative estimate of drug-likeness (QED) is 0.832. The molecule has 0 amide bonds. The van der Waals surface area contributed by atoms with Crippen molar-refractivity contribution >= 4 is 0 Å². The minimum Gasteiger partial charge on any atom is -0.506 e. The highest BCUT2D eigenvalue weighted by Gasteiger charge is 2.17. The molecule has 1 aromatic heterocycles. The van der Waals surface area contributed by atoms with Crippen LogP contribution in [0.1, 0.15) is 38.3 Å². The molecule has 1 aromatic rings. The Morgan fingerprint density at radius 1 is 1.38 bits per heavy atom. The van der Waals surface area contributed by atoms with E-state index in [1.165, 1.54) is 38.4 Å². The summed E-state index contributed by atoms with van der Waals surface area (Å²) in [7, 11) is 0. The number of likely N-dealkylation sites (tertiary alicyclic amines) is 1. The Bertz CT molecular complexity index is 323. The van der Waals surface area contributed by atoms with E-state index < -0.39 is 0 Å². The van der Waals surface area contributed by atoms with Gasteiger partial charge in [-0.3, -0.25) is 9.88 Å². The van der Waals surface area contributed by atoms with Gasteiger partial charge in [-0.2, -0.15) is 0 Å². The van der Waals surface area contributed by atoms with Gasteiger partial charge in [0.2, 0.25) is 0 Å². The van der Waals surface area contributed by atoms with Gasteiger partial charge in [0.05, 0.1) is 11.9 Å². The van der Waals surface area contributed by atoms with Crippen LogP contribution in [0, 0.1) is 0 Å². The van der Waals surface area contributed by atoms with Gasteiger partial charge in [-0.05, 0) is 38.4 Å². The second-order valence-electron chi connectivity index (χ2n) is 4.68. The Hall–Kier alpha value is -1.09. The van der Waals surface area contributed by atoms with E-state index in [1.54, 1.807) is 6.07 Å². The van der Waals surface area contributed by atoms with Crippen molar-refractivity contribution < 1.29 is 5.11 Å². The smallest absolute Gasteiger partial charge is 0.133 e. The molecule has 1 aliphatic heterocycles. The zero-order chi connectivity index (χ0) is 11.4. The molecule has 1 unspecified atom stereocenters. The number of hydrogen-bond acceptors (Lipinski definition) is 3. The highest BCUT2D eigenvalue weighted by Crippen LogP contribution is 2.18. The molecule has 2 heterocycles. The highest BCUT2D eigenvalue weighted by atomic mass is 16.3. The van der Waals surface area contributed by atoms with E-state index in [1.807, 2.05) is 6.07 Å². The van der Waals surface area contributed by atoms with E-state index in [0.29, 0.717) is 6.04 Å². The minimum absolute atomic E-state index is 0.243. The Labute approximate surface area is 97.1 Å². The van der Waals surface area contributed by atoms with Crippen molar-refractivity contribution in [1.29, 1.82) is 0 Å². The predicted molar refractivity (Wildman–Crippen MR) is 64.2 cm³/mol. The molecule has 1 aliphatic rings. The molecule has 1 fully saturated rings. The van der Waals surface area contributed by atoms with Crippen molar-refractivity contribution in [3.63, 3.8) is 0 Å². The van der Waals surface area contributed by atoms with E-state index in [9.17, 15) is 5.11 Å². The van der Waals surface area contributed by atoms with Gasteiger partial charge in [0.25, 0.3) is 0 Å². The number of nitrogens with zero attached hydrogens (tertiary/aromatic N) is 2. The van der Waals surface area contributed by atoms with Crippen LogP contribution in [0.4, 0.5) is 0 Å². The molecule has 16 heavy (non-hydrogen) atoms. The molecule has 1 saturated heterocycles. The predicted octanol–water partition coefficient (Wildman–Crippen LogP) is 2.55.